The van der Waals surface area contributed by atoms with Crippen molar-refractivity contribution in [3.05, 3.63) is 0 Å². The van der Waals surface area contributed by atoms with Crippen molar-refractivity contribution < 1.29 is 0 Å². The molecule has 0 aliphatic carbocycles. The van der Waals surface area contributed by atoms with Crippen molar-refractivity contribution in [1.82, 2.24) is 4.90 Å². The molecule has 2 heteroatoms. The molecule has 1 fully saturated rings. The van der Waals surface area contributed by atoms with Crippen LogP contribution in [0, 0.1) is 17.3 Å². The lowest BCUT2D eigenvalue weighted by Gasteiger charge is -2.33. The maximum atomic E-state index is 2.51. The van der Waals surface area contributed by atoms with Crippen molar-refractivity contribution in [1.29, 1.82) is 0 Å². The van der Waals surface area contributed by atoms with Crippen molar-refractivity contribution in [3.63, 3.8) is 0 Å². The first-order valence-electron chi connectivity index (χ1n) is 6.18. The van der Waals surface area contributed by atoms with Crippen molar-refractivity contribution in [3.8, 4) is 0 Å². The molecule has 2 atom stereocenters. The summed E-state index contributed by atoms with van der Waals surface area (Å²) in [4.78, 5) is 2.51. The number of hydrogen-bond acceptors (Lipinski definition) is 1. The van der Waals surface area contributed by atoms with Crippen molar-refractivity contribution in [2.75, 3.05) is 20.1 Å². The molecule has 1 aliphatic rings. The Balaban J connectivity index is 2.63. The highest BCUT2D eigenvalue weighted by molar-refractivity contribution is 6.08. The summed E-state index contributed by atoms with van der Waals surface area (Å²) in [6, 6.07) is 0. The summed E-state index contributed by atoms with van der Waals surface area (Å²) >= 11 is 0. The van der Waals surface area contributed by atoms with Crippen LogP contribution in [-0.4, -0.2) is 32.9 Å². The standard InChI is InChI=1S/C12H26BN/c1-10(2)11-8-14(4)9-12(11,3)6-5-7-13/h10-11H,5-9,13H2,1-4H3/t11-,12-/m0/s1. The molecule has 0 aromatic carbocycles. The Morgan fingerprint density at radius 1 is 1.50 bits per heavy atom. The largest absolute Gasteiger partial charge is 0.306 e. The van der Waals surface area contributed by atoms with Gasteiger partial charge in [0.15, 0.2) is 0 Å². The highest BCUT2D eigenvalue weighted by Gasteiger charge is 2.41. The van der Waals surface area contributed by atoms with Crippen LogP contribution in [0.5, 0.6) is 0 Å². The minimum Gasteiger partial charge on any atom is -0.306 e. The Labute approximate surface area is 90.7 Å². The van der Waals surface area contributed by atoms with Gasteiger partial charge in [0.2, 0.25) is 0 Å². The fraction of sp³-hybridized carbons (Fsp3) is 1.00. The van der Waals surface area contributed by atoms with Gasteiger partial charge in [-0.05, 0) is 30.7 Å². The summed E-state index contributed by atoms with van der Waals surface area (Å²) in [7, 11) is 4.57. The normalized spacial score (nSPS) is 34.2. The maximum Gasteiger partial charge on any atom is 0.101 e. The molecule has 0 bridgehead atoms. The van der Waals surface area contributed by atoms with Gasteiger partial charge in [-0.2, -0.15) is 0 Å². The lowest BCUT2D eigenvalue weighted by atomic mass is 9.70. The summed E-state index contributed by atoms with van der Waals surface area (Å²) in [5.41, 5.74) is 0.582. The second-order valence-electron chi connectivity index (χ2n) is 5.80. The van der Waals surface area contributed by atoms with E-state index in [0.29, 0.717) is 5.41 Å². The van der Waals surface area contributed by atoms with Gasteiger partial charge in [-0.1, -0.05) is 33.5 Å². The Hall–Kier alpha value is 0.0249. The Kier molecular flexibility index (Phi) is 4.06. The van der Waals surface area contributed by atoms with Gasteiger partial charge in [0.05, 0.1) is 0 Å². The van der Waals surface area contributed by atoms with Gasteiger partial charge in [-0.25, -0.2) is 0 Å². The van der Waals surface area contributed by atoms with E-state index in [1.165, 1.54) is 32.3 Å². The third-order valence-electron chi connectivity index (χ3n) is 3.94. The number of likely N-dealkylation sites (tertiary alicyclic amines) is 1. The summed E-state index contributed by atoms with van der Waals surface area (Å²) in [6.07, 6.45) is 4.15. The molecule has 0 radical (unpaired) electrons. The van der Waals surface area contributed by atoms with E-state index in [4.69, 9.17) is 0 Å². The highest BCUT2D eigenvalue weighted by atomic mass is 15.1. The third kappa shape index (κ3) is 2.53. The van der Waals surface area contributed by atoms with E-state index in [1.54, 1.807) is 0 Å². The van der Waals surface area contributed by atoms with Crippen LogP contribution in [0.1, 0.15) is 33.6 Å². The van der Waals surface area contributed by atoms with Crippen molar-refractivity contribution >= 4 is 7.85 Å². The van der Waals surface area contributed by atoms with Gasteiger partial charge in [0.25, 0.3) is 0 Å². The van der Waals surface area contributed by atoms with E-state index < -0.39 is 0 Å². The minimum atomic E-state index is 0.582. The molecule has 14 heavy (non-hydrogen) atoms. The summed E-state index contributed by atoms with van der Waals surface area (Å²) in [5.74, 6) is 1.74. The zero-order chi connectivity index (χ0) is 10.8. The van der Waals surface area contributed by atoms with Crippen LogP contribution in [0.4, 0.5) is 0 Å². The smallest absolute Gasteiger partial charge is 0.101 e. The van der Waals surface area contributed by atoms with E-state index in [-0.39, 0.29) is 0 Å². The first-order valence-corrected chi connectivity index (χ1v) is 6.18. The topological polar surface area (TPSA) is 3.24 Å². The molecule has 82 valence electrons. The Morgan fingerprint density at radius 3 is 2.64 bits per heavy atom. The molecule has 0 N–H and O–H groups in total. The molecular formula is C12H26BN. The van der Waals surface area contributed by atoms with Gasteiger partial charge >= 0.3 is 0 Å². The van der Waals surface area contributed by atoms with Gasteiger partial charge in [-0.3, -0.25) is 0 Å². The molecule has 0 saturated carbocycles. The minimum absolute atomic E-state index is 0.582. The molecule has 1 nitrogen and oxygen atoms in total. The molecule has 1 aliphatic heterocycles. The Bertz CT molecular complexity index is 181. The van der Waals surface area contributed by atoms with E-state index in [2.05, 4.69) is 40.6 Å². The molecule has 0 spiro atoms. The first-order chi connectivity index (χ1) is 6.49. The molecule has 0 aromatic heterocycles. The highest BCUT2D eigenvalue weighted by Crippen LogP contribution is 2.43. The van der Waals surface area contributed by atoms with E-state index >= 15 is 0 Å². The zero-order valence-electron chi connectivity index (χ0n) is 10.6. The van der Waals surface area contributed by atoms with Gasteiger partial charge in [-0.15, -0.1) is 0 Å². The molecule has 1 heterocycles. The van der Waals surface area contributed by atoms with Crippen LogP contribution in [-0.2, 0) is 0 Å². The van der Waals surface area contributed by atoms with Gasteiger partial charge in [0.1, 0.15) is 7.85 Å². The fourth-order valence-electron chi connectivity index (χ4n) is 3.22. The van der Waals surface area contributed by atoms with E-state index in [9.17, 15) is 0 Å². The van der Waals surface area contributed by atoms with Crippen LogP contribution >= 0.6 is 0 Å². The molecule has 1 rings (SSSR count). The van der Waals surface area contributed by atoms with E-state index in [0.717, 1.165) is 11.8 Å². The first kappa shape index (κ1) is 12.1. The molecule has 0 unspecified atom stereocenters. The molecule has 0 aromatic rings. The lowest BCUT2D eigenvalue weighted by molar-refractivity contribution is 0.181. The van der Waals surface area contributed by atoms with E-state index in [1.807, 2.05) is 0 Å². The molecular weight excluding hydrogens is 169 g/mol. The number of rotatable bonds is 4. The maximum absolute atomic E-state index is 2.51. The molecule has 1 saturated heterocycles. The second-order valence-corrected chi connectivity index (χ2v) is 5.80. The summed E-state index contributed by atoms with van der Waals surface area (Å²) < 4.78 is 0. The SMILES string of the molecule is BCCC[C@@]1(C)CN(C)C[C@H]1C(C)C. The number of hydrogen-bond donors (Lipinski definition) is 0. The van der Waals surface area contributed by atoms with Gasteiger partial charge < -0.3 is 4.90 Å². The predicted molar refractivity (Wildman–Crippen MR) is 66.5 cm³/mol. The third-order valence-corrected chi connectivity index (χ3v) is 3.94. The van der Waals surface area contributed by atoms with Crippen LogP contribution < -0.4 is 0 Å². The summed E-state index contributed by atoms with van der Waals surface area (Å²) in [5, 5.41) is 0. The van der Waals surface area contributed by atoms with Crippen LogP contribution in [0.3, 0.4) is 0 Å². The quantitative estimate of drug-likeness (QED) is 0.620. The predicted octanol–water partition coefficient (Wildman–Crippen LogP) is 2.04. The lowest BCUT2D eigenvalue weighted by Crippen LogP contribution is -2.29. The van der Waals surface area contributed by atoms with Gasteiger partial charge in [0, 0.05) is 13.1 Å². The molecule has 0 amide bonds. The Morgan fingerprint density at radius 2 is 2.14 bits per heavy atom. The van der Waals surface area contributed by atoms with Crippen LogP contribution in [0.15, 0.2) is 0 Å². The second kappa shape index (κ2) is 4.70. The number of nitrogens with zero attached hydrogens (tertiary/aromatic N) is 1. The zero-order valence-corrected chi connectivity index (χ0v) is 10.6. The van der Waals surface area contributed by atoms with Crippen molar-refractivity contribution in [2.24, 2.45) is 17.3 Å². The van der Waals surface area contributed by atoms with Crippen molar-refractivity contribution in [2.45, 2.75) is 39.9 Å². The fourth-order valence-corrected chi connectivity index (χ4v) is 3.22. The summed E-state index contributed by atoms with van der Waals surface area (Å²) in [6.45, 7) is 9.87. The van der Waals surface area contributed by atoms with Crippen LogP contribution in [0.2, 0.25) is 6.32 Å². The average molecular weight is 195 g/mol. The monoisotopic (exact) mass is 195 g/mol. The van der Waals surface area contributed by atoms with Crippen LogP contribution in [0.25, 0.3) is 0 Å². The average Bonchev–Trinajstić information content (AvgIpc) is 2.39.